The fourth-order valence-electron chi connectivity index (χ4n) is 3.74. The first-order chi connectivity index (χ1) is 15.9. The van der Waals surface area contributed by atoms with E-state index in [0.717, 1.165) is 27.8 Å². The number of ether oxygens (including phenoxy) is 1. The summed E-state index contributed by atoms with van der Waals surface area (Å²) in [5, 5.41) is 0.962. The molecule has 3 heterocycles. The van der Waals surface area contributed by atoms with Crippen LogP contribution in [0, 0.1) is 0 Å². The average molecular weight is 495 g/mol. The smallest absolute Gasteiger partial charge is 0.387 e. The molecule has 33 heavy (non-hydrogen) atoms. The van der Waals surface area contributed by atoms with E-state index in [4.69, 9.17) is 0 Å². The van der Waals surface area contributed by atoms with Gasteiger partial charge in [0.25, 0.3) is 11.8 Å². The fraction of sp³-hybridized carbons (Fsp3) is 0.409. The molecule has 1 aromatic carbocycles. The summed E-state index contributed by atoms with van der Waals surface area (Å²) in [4.78, 5) is 37.5. The molecule has 1 saturated heterocycles. The lowest BCUT2D eigenvalue weighted by Crippen LogP contribution is -2.50. The molecular weight excluding hydrogens is 470 g/mol. The molecule has 0 atom stereocenters. The zero-order valence-electron chi connectivity index (χ0n) is 18.3. The number of nitrogens with zero attached hydrogens (tertiary/aromatic N) is 4. The quantitative estimate of drug-likeness (QED) is 0.487. The van der Waals surface area contributed by atoms with Crippen molar-refractivity contribution in [2.24, 2.45) is 0 Å². The highest BCUT2D eigenvalue weighted by Crippen LogP contribution is 2.35. The minimum absolute atomic E-state index is 0.0804. The third-order valence-corrected chi connectivity index (χ3v) is 7.72. The number of carbonyl (C=O) groups excluding carboxylic acids is 2. The molecule has 1 aliphatic heterocycles. The van der Waals surface area contributed by atoms with Crippen LogP contribution in [0.25, 0.3) is 9.53 Å². The number of carbonyl (C=O) groups is 2. The Bertz CT molecular complexity index is 1110. The van der Waals surface area contributed by atoms with Crippen LogP contribution < -0.4 is 9.64 Å². The van der Waals surface area contributed by atoms with Gasteiger partial charge in [-0.1, -0.05) is 23.5 Å². The topological polar surface area (TPSA) is 66.0 Å². The number of benzene rings is 1. The van der Waals surface area contributed by atoms with E-state index < -0.39 is 6.61 Å². The zero-order chi connectivity index (χ0) is 23.5. The van der Waals surface area contributed by atoms with Crippen LogP contribution in [0.5, 0.6) is 5.75 Å². The molecule has 176 valence electrons. The highest BCUT2D eigenvalue weighted by atomic mass is 32.1. The highest BCUT2D eigenvalue weighted by molar-refractivity contribution is 7.29. The Morgan fingerprint density at radius 2 is 1.70 bits per heavy atom. The predicted molar refractivity (Wildman–Crippen MR) is 126 cm³/mol. The standard InChI is InChI=1S/C22H24F2N4O3S2/c1-3-26(4-2)22-25-18-16(33-22)13-17(32-18)20(30)28-11-9-27(10-12-28)19(29)14-7-5-6-8-15(14)31-21(23)24/h5-8,13,21H,3-4,9-12H2,1-2H3. The van der Waals surface area contributed by atoms with Crippen LogP contribution in [0.2, 0.25) is 0 Å². The van der Waals surface area contributed by atoms with Crippen LogP contribution >= 0.6 is 22.7 Å². The lowest BCUT2D eigenvalue weighted by molar-refractivity contribution is -0.0503. The Morgan fingerprint density at radius 3 is 2.30 bits per heavy atom. The van der Waals surface area contributed by atoms with Crippen LogP contribution in [0.15, 0.2) is 30.3 Å². The molecule has 0 unspecified atom stereocenters. The summed E-state index contributed by atoms with van der Waals surface area (Å²) in [5.74, 6) is -0.613. The van der Waals surface area contributed by atoms with Gasteiger partial charge in [-0.3, -0.25) is 9.59 Å². The molecule has 0 saturated carbocycles. The van der Waals surface area contributed by atoms with Crippen molar-refractivity contribution in [1.29, 1.82) is 0 Å². The summed E-state index contributed by atoms with van der Waals surface area (Å²) in [7, 11) is 0. The number of halogens is 2. The number of piperazine rings is 1. The molecule has 1 aliphatic rings. The molecule has 0 bridgehead atoms. The average Bonchev–Trinajstić information content (AvgIpc) is 3.39. The Morgan fingerprint density at radius 1 is 1.06 bits per heavy atom. The number of aromatic nitrogens is 1. The van der Waals surface area contributed by atoms with E-state index in [1.165, 1.54) is 29.5 Å². The highest BCUT2D eigenvalue weighted by Gasteiger charge is 2.28. The maximum Gasteiger partial charge on any atom is 0.387 e. The van der Waals surface area contributed by atoms with Gasteiger partial charge in [-0.05, 0) is 32.0 Å². The second kappa shape index (κ2) is 10.0. The van der Waals surface area contributed by atoms with E-state index in [9.17, 15) is 18.4 Å². The van der Waals surface area contributed by atoms with Crippen molar-refractivity contribution in [3.05, 3.63) is 40.8 Å². The number of thiophene rings is 1. The van der Waals surface area contributed by atoms with Gasteiger partial charge in [-0.2, -0.15) is 8.78 Å². The summed E-state index contributed by atoms with van der Waals surface area (Å²) >= 11 is 2.97. The lowest BCUT2D eigenvalue weighted by atomic mass is 10.1. The van der Waals surface area contributed by atoms with Crippen molar-refractivity contribution in [2.75, 3.05) is 44.2 Å². The van der Waals surface area contributed by atoms with Crippen LogP contribution in [-0.4, -0.2) is 72.5 Å². The first-order valence-corrected chi connectivity index (χ1v) is 12.3. The predicted octanol–water partition coefficient (Wildman–Crippen LogP) is 4.40. The van der Waals surface area contributed by atoms with Crippen molar-refractivity contribution in [3.63, 3.8) is 0 Å². The van der Waals surface area contributed by atoms with Gasteiger partial charge in [0.2, 0.25) is 0 Å². The molecule has 4 rings (SSSR count). The molecule has 2 amide bonds. The third kappa shape index (κ3) is 4.93. The molecule has 2 aromatic heterocycles. The second-order valence-electron chi connectivity index (χ2n) is 7.41. The number of hydrogen-bond donors (Lipinski definition) is 0. The van der Waals surface area contributed by atoms with Gasteiger partial charge < -0.3 is 19.4 Å². The van der Waals surface area contributed by atoms with Gasteiger partial charge in [0.15, 0.2) is 5.13 Å². The number of amides is 2. The van der Waals surface area contributed by atoms with Gasteiger partial charge in [0.1, 0.15) is 10.6 Å². The molecule has 7 nitrogen and oxygen atoms in total. The summed E-state index contributed by atoms with van der Waals surface area (Å²) < 4.78 is 30.8. The van der Waals surface area contributed by atoms with Crippen LogP contribution in [0.3, 0.4) is 0 Å². The molecule has 0 radical (unpaired) electrons. The zero-order valence-corrected chi connectivity index (χ0v) is 19.9. The van der Waals surface area contributed by atoms with Crippen molar-refractivity contribution < 1.29 is 23.1 Å². The summed E-state index contributed by atoms with van der Waals surface area (Å²) in [5.41, 5.74) is 0.0890. The van der Waals surface area contributed by atoms with Crippen molar-refractivity contribution in [2.45, 2.75) is 20.5 Å². The van der Waals surface area contributed by atoms with Crippen LogP contribution in [0.4, 0.5) is 13.9 Å². The van der Waals surface area contributed by atoms with Crippen LogP contribution in [-0.2, 0) is 0 Å². The molecule has 3 aromatic rings. The van der Waals surface area contributed by atoms with Gasteiger partial charge in [0.05, 0.1) is 15.1 Å². The Balaban J connectivity index is 1.40. The molecule has 11 heteroatoms. The van der Waals surface area contributed by atoms with Crippen molar-refractivity contribution >= 4 is 49.1 Å². The maximum atomic E-state index is 13.0. The number of thiazole rings is 1. The van der Waals surface area contributed by atoms with Gasteiger partial charge >= 0.3 is 6.61 Å². The van der Waals surface area contributed by atoms with E-state index in [0.29, 0.717) is 31.1 Å². The number of anilines is 1. The number of hydrogen-bond acceptors (Lipinski definition) is 7. The largest absolute Gasteiger partial charge is 0.434 e. The van der Waals surface area contributed by atoms with E-state index in [1.54, 1.807) is 27.2 Å². The van der Waals surface area contributed by atoms with Crippen LogP contribution in [0.1, 0.15) is 33.9 Å². The monoisotopic (exact) mass is 494 g/mol. The van der Waals surface area contributed by atoms with Gasteiger partial charge in [-0.15, -0.1) is 11.3 Å². The minimum Gasteiger partial charge on any atom is -0.434 e. The number of alkyl halides is 2. The van der Waals surface area contributed by atoms with E-state index >= 15 is 0 Å². The Labute approximate surface area is 198 Å². The van der Waals surface area contributed by atoms with Gasteiger partial charge in [-0.25, -0.2) is 4.98 Å². The minimum atomic E-state index is -3.01. The summed E-state index contributed by atoms with van der Waals surface area (Å²) in [6.45, 7) is 4.29. The maximum absolute atomic E-state index is 13.0. The lowest BCUT2D eigenvalue weighted by Gasteiger charge is -2.34. The number of rotatable bonds is 7. The van der Waals surface area contributed by atoms with Gasteiger partial charge in [0, 0.05) is 39.3 Å². The van der Waals surface area contributed by atoms with Crippen molar-refractivity contribution in [1.82, 2.24) is 14.8 Å². The number of para-hydroxylation sites is 1. The summed E-state index contributed by atoms with van der Waals surface area (Å²) in [6, 6.07) is 7.85. The third-order valence-electron chi connectivity index (χ3n) is 5.51. The fourth-order valence-corrected chi connectivity index (χ4v) is 6.05. The van der Waals surface area contributed by atoms with Crippen molar-refractivity contribution in [3.8, 4) is 5.75 Å². The molecule has 0 spiro atoms. The second-order valence-corrected chi connectivity index (χ2v) is 9.45. The number of fused-ring (bicyclic) bond motifs is 1. The summed E-state index contributed by atoms with van der Waals surface area (Å²) in [6.07, 6.45) is 0. The molecule has 0 aliphatic carbocycles. The molecular formula is C22H24F2N4O3S2. The van der Waals surface area contributed by atoms with E-state index in [-0.39, 0.29) is 23.1 Å². The van der Waals surface area contributed by atoms with E-state index in [1.807, 2.05) is 6.07 Å². The first kappa shape index (κ1) is 23.4. The normalized spacial score (nSPS) is 14.2. The SMILES string of the molecule is CCN(CC)c1nc2sc(C(=O)N3CCN(C(=O)c4ccccc4OC(F)F)CC3)cc2s1. The molecule has 1 fully saturated rings. The molecule has 0 N–H and O–H groups in total. The first-order valence-electron chi connectivity index (χ1n) is 10.7. The Kier molecular flexibility index (Phi) is 7.08. The Hall–Kier alpha value is -2.79. The van der Waals surface area contributed by atoms with E-state index in [2.05, 4.69) is 28.5 Å².